The molecule has 0 fully saturated rings. The van der Waals surface area contributed by atoms with Gasteiger partial charge in [-0.2, -0.15) is 0 Å². The van der Waals surface area contributed by atoms with E-state index in [1.165, 1.54) is 17.4 Å². The molecule has 78 valence electrons. The number of nitrogens with zero attached hydrogens (tertiary/aromatic N) is 2. The molecule has 1 aromatic carbocycles. The summed E-state index contributed by atoms with van der Waals surface area (Å²) in [5.41, 5.74) is 0.471. The van der Waals surface area contributed by atoms with Gasteiger partial charge < -0.3 is 0 Å². The predicted molar refractivity (Wildman–Crippen MR) is 59.6 cm³/mol. The van der Waals surface area contributed by atoms with Crippen LogP contribution in [0, 0.1) is 5.82 Å². The van der Waals surface area contributed by atoms with E-state index in [-0.39, 0.29) is 11.2 Å². The summed E-state index contributed by atoms with van der Waals surface area (Å²) in [6, 6.07) is 6.49. The number of hydrogen-bond acceptors (Lipinski definition) is 3. The zero-order valence-corrected chi connectivity index (χ0v) is 9.52. The van der Waals surface area contributed by atoms with Gasteiger partial charge in [0.25, 0.3) is 0 Å². The first-order valence-corrected chi connectivity index (χ1v) is 5.66. The summed E-state index contributed by atoms with van der Waals surface area (Å²) in [5, 5.41) is 8.89. The van der Waals surface area contributed by atoms with E-state index in [9.17, 15) is 4.39 Å². The monoisotopic (exact) mass is 242 g/mol. The molecule has 0 aliphatic heterocycles. The maximum atomic E-state index is 13.4. The summed E-state index contributed by atoms with van der Waals surface area (Å²) in [7, 11) is 0. The van der Waals surface area contributed by atoms with Gasteiger partial charge in [0.15, 0.2) is 5.01 Å². The second kappa shape index (κ2) is 4.24. The molecule has 2 aromatic rings. The Morgan fingerprint density at radius 3 is 2.67 bits per heavy atom. The molecule has 0 spiro atoms. The lowest BCUT2D eigenvalue weighted by Crippen LogP contribution is -1.82. The molecule has 1 heterocycles. The molecule has 0 radical (unpaired) electrons. The van der Waals surface area contributed by atoms with Gasteiger partial charge in [0.2, 0.25) is 0 Å². The van der Waals surface area contributed by atoms with Crippen molar-refractivity contribution in [1.29, 1.82) is 0 Å². The Hall–Kier alpha value is -1.00. The van der Waals surface area contributed by atoms with Gasteiger partial charge in [0.1, 0.15) is 10.8 Å². The summed E-state index contributed by atoms with van der Waals surface area (Å²) < 4.78 is 13.4. The van der Waals surface area contributed by atoms with Gasteiger partial charge in [-0.25, -0.2) is 4.39 Å². The van der Waals surface area contributed by atoms with Crippen molar-refractivity contribution < 1.29 is 4.39 Å². The van der Waals surface area contributed by atoms with Crippen LogP contribution in [-0.2, 0) is 0 Å². The van der Waals surface area contributed by atoms with Crippen LogP contribution in [0.4, 0.5) is 4.39 Å². The minimum atomic E-state index is -0.289. The van der Waals surface area contributed by atoms with Gasteiger partial charge in [-0.05, 0) is 19.1 Å². The molecule has 2 nitrogen and oxygen atoms in total. The summed E-state index contributed by atoms with van der Waals surface area (Å²) in [6.45, 7) is 1.81. The largest absolute Gasteiger partial charge is 0.206 e. The molecule has 0 aliphatic rings. The number of aromatic nitrogens is 2. The summed E-state index contributed by atoms with van der Waals surface area (Å²) in [4.78, 5) is 0. The average molecular weight is 243 g/mol. The van der Waals surface area contributed by atoms with Gasteiger partial charge in [0, 0.05) is 5.56 Å². The fourth-order valence-corrected chi connectivity index (χ4v) is 2.12. The van der Waals surface area contributed by atoms with E-state index in [2.05, 4.69) is 10.2 Å². The number of halogens is 2. The van der Waals surface area contributed by atoms with Crippen LogP contribution in [0.1, 0.15) is 17.3 Å². The molecule has 0 N–H and O–H groups in total. The summed E-state index contributed by atoms with van der Waals surface area (Å²) in [6.07, 6.45) is 0. The van der Waals surface area contributed by atoms with Crippen molar-refractivity contribution in [3.05, 3.63) is 35.1 Å². The van der Waals surface area contributed by atoms with Crippen molar-refractivity contribution >= 4 is 22.9 Å². The van der Waals surface area contributed by atoms with Crippen LogP contribution in [0.5, 0.6) is 0 Å². The highest BCUT2D eigenvalue weighted by Gasteiger charge is 2.12. The van der Waals surface area contributed by atoms with Gasteiger partial charge in [-0.15, -0.1) is 21.8 Å². The second-order valence-electron chi connectivity index (χ2n) is 3.04. The Morgan fingerprint density at radius 1 is 1.33 bits per heavy atom. The zero-order chi connectivity index (χ0) is 10.8. The highest BCUT2D eigenvalue weighted by molar-refractivity contribution is 7.15. The van der Waals surface area contributed by atoms with Crippen molar-refractivity contribution in [2.45, 2.75) is 12.3 Å². The molecular formula is C10H8ClFN2S. The van der Waals surface area contributed by atoms with Crippen molar-refractivity contribution in [2.75, 3.05) is 0 Å². The first-order valence-electron chi connectivity index (χ1n) is 4.41. The fraction of sp³-hybridized carbons (Fsp3) is 0.200. The molecule has 1 aromatic heterocycles. The van der Waals surface area contributed by atoms with Crippen LogP contribution < -0.4 is 0 Å². The quantitative estimate of drug-likeness (QED) is 0.752. The topological polar surface area (TPSA) is 25.8 Å². The Bertz CT molecular complexity index is 470. The second-order valence-corrected chi connectivity index (χ2v) is 4.71. The van der Waals surface area contributed by atoms with Crippen LogP contribution in [0.25, 0.3) is 10.6 Å². The molecule has 0 bridgehead atoms. The van der Waals surface area contributed by atoms with Crippen LogP contribution in [0.2, 0.25) is 0 Å². The van der Waals surface area contributed by atoms with Gasteiger partial charge >= 0.3 is 0 Å². The molecule has 0 aliphatic carbocycles. The first kappa shape index (κ1) is 10.5. The van der Waals surface area contributed by atoms with E-state index >= 15 is 0 Å². The van der Waals surface area contributed by atoms with Gasteiger partial charge in [0.05, 0.1) is 5.38 Å². The SMILES string of the molecule is C[C@H](Cl)c1nnc(-c2ccccc2F)s1. The molecular weight excluding hydrogens is 235 g/mol. The number of benzene rings is 1. The summed E-state index contributed by atoms with van der Waals surface area (Å²) >= 11 is 7.17. The molecule has 0 unspecified atom stereocenters. The lowest BCUT2D eigenvalue weighted by atomic mass is 10.2. The minimum absolute atomic E-state index is 0.192. The maximum absolute atomic E-state index is 13.4. The van der Waals surface area contributed by atoms with E-state index < -0.39 is 0 Å². The Morgan fingerprint density at radius 2 is 2.07 bits per heavy atom. The molecule has 15 heavy (non-hydrogen) atoms. The fourth-order valence-electron chi connectivity index (χ4n) is 1.14. The molecule has 0 saturated heterocycles. The highest BCUT2D eigenvalue weighted by Crippen LogP contribution is 2.30. The Balaban J connectivity index is 2.42. The third kappa shape index (κ3) is 2.16. The molecule has 5 heteroatoms. The lowest BCUT2D eigenvalue weighted by molar-refractivity contribution is 0.631. The van der Waals surface area contributed by atoms with Crippen LogP contribution in [0.15, 0.2) is 24.3 Å². The van der Waals surface area contributed by atoms with E-state index in [1.54, 1.807) is 18.2 Å². The molecule has 0 amide bonds. The summed E-state index contributed by atoms with van der Waals surface area (Å²) in [5.74, 6) is -0.289. The lowest BCUT2D eigenvalue weighted by Gasteiger charge is -1.96. The van der Waals surface area contributed by atoms with Crippen LogP contribution >= 0.6 is 22.9 Å². The minimum Gasteiger partial charge on any atom is -0.206 e. The standard InChI is InChI=1S/C10H8ClFN2S/c1-6(11)9-13-14-10(15-9)7-4-2-3-5-8(7)12/h2-6H,1H3/t6-/m0/s1. The Labute approximate surface area is 95.7 Å². The zero-order valence-electron chi connectivity index (χ0n) is 7.95. The third-order valence-corrected chi connectivity index (χ3v) is 3.36. The van der Waals surface area contributed by atoms with Gasteiger partial charge in [-0.3, -0.25) is 0 Å². The average Bonchev–Trinajstić information content (AvgIpc) is 2.67. The highest BCUT2D eigenvalue weighted by atomic mass is 35.5. The first-order chi connectivity index (χ1) is 7.18. The maximum Gasteiger partial charge on any atom is 0.150 e. The van der Waals surface area contributed by atoms with E-state index in [4.69, 9.17) is 11.6 Å². The van der Waals surface area contributed by atoms with Crippen molar-refractivity contribution in [3.63, 3.8) is 0 Å². The predicted octanol–water partition coefficient (Wildman–Crippen LogP) is 3.64. The third-order valence-electron chi connectivity index (χ3n) is 1.89. The number of rotatable bonds is 2. The van der Waals surface area contributed by atoms with E-state index in [0.717, 1.165) is 0 Å². The van der Waals surface area contributed by atoms with Gasteiger partial charge in [-0.1, -0.05) is 23.5 Å². The van der Waals surface area contributed by atoms with Crippen LogP contribution in [0.3, 0.4) is 0 Å². The number of hydrogen-bond donors (Lipinski definition) is 0. The molecule has 1 atom stereocenters. The number of alkyl halides is 1. The van der Waals surface area contributed by atoms with Crippen molar-refractivity contribution in [1.82, 2.24) is 10.2 Å². The smallest absolute Gasteiger partial charge is 0.150 e. The van der Waals surface area contributed by atoms with E-state index in [0.29, 0.717) is 15.6 Å². The van der Waals surface area contributed by atoms with E-state index in [1.807, 2.05) is 6.92 Å². The van der Waals surface area contributed by atoms with Crippen LogP contribution in [-0.4, -0.2) is 10.2 Å². The Kier molecular flexibility index (Phi) is 2.98. The molecule has 0 saturated carbocycles. The van der Waals surface area contributed by atoms with Crippen molar-refractivity contribution in [3.8, 4) is 10.6 Å². The molecule has 2 rings (SSSR count). The van der Waals surface area contributed by atoms with Crippen molar-refractivity contribution in [2.24, 2.45) is 0 Å². The normalized spacial score (nSPS) is 12.7.